The molecule has 0 atom stereocenters. The third-order valence-corrected chi connectivity index (χ3v) is 4.57. The highest BCUT2D eigenvalue weighted by molar-refractivity contribution is 9.10. The van der Waals surface area contributed by atoms with Gasteiger partial charge in [-0.2, -0.15) is 0 Å². The second-order valence-corrected chi connectivity index (χ2v) is 6.61. The zero-order valence-electron chi connectivity index (χ0n) is 13.1. The Balaban J connectivity index is 2.15. The van der Waals surface area contributed by atoms with Crippen LogP contribution in [0.25, 0.3) is 0 Å². The number of methoxy groups -OCH3 is 1. The van der Waals surface area contributed by atoms with Gasteiger partial charge in [0.05, 0.1) is 30.6 Å². The van der Waals surface area contributed by atoms with Crippen molar-refractivity contribution >= 4 is 27.6 Å². The van der Waals surface area contributed by atoms with Crippen LogP contribution in [0.15, 0.2) is 35.3 Å². The fraction of sp³-hybridized carbons (Fsp3) is 0.471. The number of nitrogens with zero attached hydrogens (tertiary/aromatic N) is 1. The van der Waals surface area contributed by atoms with Crippen LogP contribution in [0.2, 0.25) is 0 Å². The molecule has 0 aromatic heterocycles. The highest BCUT2D eigenvalue weighted by Gasteiger charge is 2.32. The monoisotopic (exact) mass is 367 g/mol. The van der Waals surface area contributed by atoms with E-state index in [1.54, 1.807) is 12.1 Å². The molecule has 1 aliphatic heterocycles. The van der Waals surface area contributed by atoms with Gasteiger partial charge >= 0.3 is 5.97 Å². The summed E-state index contributed by atoms with van der Waals surface area (Å²) in [7, 11) is 1.41. The predicted molar refractivity (Wildman–Crippen MR) is 91.5 cm³/mol. The number of esters is 1. The minimum atomic E-state index is -0.307. The predicted octanol–water partition coefficient (Wildman–Crippen LogP) is 3.80. The molecule has 0 spiro atoms. The number of hydrogen-bond donors (Lipinski definition) is 0. The molecule has 0 aliphatic carbocycles. The summed E-state index contributed by atoms with van der Waals surface area (Å²) in [6.07, 6.45) is 3.60. The van der Waals surface area contributed by atoms with E-state index < -0.39 is 0 Å². The molecule has 120 valence electrons. The maximum Gasteiger partial charge on any atom is 0.339 e. The number of carbonyl (C=O) groups is 1. The number of halogens is 1. The van der Waals surface area contributed by atoms with E-state index >= 15 is 0 Å². The maximum absolute atomic E-state index is 12.0. The van der Waals surface area contributed by atoms with Crippen molar-refractivity contribution in [1.29, 1.82) is 0 Å². The van der Waals surface area contributed by atoms with Gasteiger partial charge in [0.25, 0.3) is 0 Å². The van der Waals surface area contributed by atoms with Crippen LogP contribution in [0.3, 0.4) is 0 Å². The largest absolute Gasteiger partial charge is 0.465 e. The summed E-state index contributed by atoms with van der Waals surface area (Å²) >= 11 is 3.48. The Morgan fingerprint density at radius 1 is 1.45 bits per heavy atom. The fourth-order valence-electron chi connectivity index (χ4n) is 2.67. The molecule has 22 heavy (non-hydrogen) atoms. The second-order valence-electron chi connectivity index (χ2n) is 5.69. The zero-order valence-corrected chi connectivity index (χ0v) is 14.7. The normalized spacial score (nSPS) is 17.1. The van der Waals surface area contributed by atoms with Gasteiger partial charge < -0.3 is 14.4 Å². The molecule has 1 aromatic carbocycles. The Morgan fingerprint density at radius 2 is 2.14 bits per heavy atom. The lowest BCUT2D eigenvalue weighted by atomic mass is 9.92. The number of ether oxygens (including phenoxy) is 2. The minimum Gasteiger partial charge on any atom is -0.465 e. The molecular formula is C17H22BrNO3. The topological polar surface area (TPSA) is 38.8 Å². The van der Waals surface area contributed by atoms with E-state index in [4.69, 9.17) is 9.47 Å². The first kappa shape index (κ1) is 17.0. The first-order valence-electron chi connectivity index (χ1n) is 7.37. The zero-order chi connectivity index (χ0) is 16.2. The van der Waals surface area contributed by atoms with E-state index in [1.807, 2.05) is 12.1 Å². The number of anilines is 1. The summed E-state index contributed by atoms with van der Waals surface area (Å²) in [4.78, 5) is 14.2. The Kier molecular flexibility index (Phi) is 5.64. The van der Waals surface area contributed by atoms with Crippen molar-refractivity contribution in [1.82, 2.24) is 0 Å². The average molecular weight is 368 g/mol. The molecule has 1 fully saturated rings. The van der Waals surface area contributed by atoms with Gasteiger partial charge in [0, 0.05) is 17.6 Å². The van der Waals surface area contributed by atoms with Gasteiger partial charge in [-0.1, -0.05) is 22.0 Å². The number of carbonyl (C=O) groups excluding carboxylic acids is 1. The molecule has 1 aliphatic rings. The molecule has 0 N–H and O–H groups in total. The SMILES string of the molecule is C=CCOC1(C)CCN(c2cc(Br)ccc2C(=O)OC)CC1. The number of piperidine rings is 1. The van der Waals surface area contributed by atoms with E-state index in [2.05, 4.69) is 34.3 Å². The van der Waals surface area contributed by atoms with Gasteiger partial charge in [0.15, 0.2) is 0 Å². The molecule has 0 amide bonds. The second kappa shape index (κ2) is 7.29. The van der Waals surface area contributed by atoms with Crippen LogP contribution in [0, 0.1) is 0 Å². The van der Waals surface area contributed by atoms with Crippen molar-refractivity contribution in [2.24, 2.45) is 0 Å². The first-order valence-corrected chi connectivity index (χ1v) is 8.16. The Morgan fingerprint density at radius 3 is 2.73 bits per heavy atom. The standard InChI is InChI=1S/C17H22BrNO3/c1-4-11-22-17(2)7-9-19(10-8-17)15-12-13(18)5-6-14(15)16(20)21-3/h4-6,12H,1,7-11H2,2-3H3. The van der Waals surface area contributed by atoms with Gasteiger partial charge in [-0.25, -0.2) is 4.79 Å². The highest BCUT2D eigenvalue weighted by atomic mass is 79.9. The van der Waals surface area contributed by atoms with Crippen LogP contribution < -0.4 is 4.90 Å². The molecule has 0 bridgehead atoms. The summed E-state index contributed by atoms with van der Waals surface area (Å²) in [6.45, 7) is 8.08. The Labute approximate surface area is 140 Å². The maximum atomic E-state index is 12.0. The van der Waals surface area contributed by atoms with Crippen LogP contribution in [0.4, 0.5) is 5.69 Å². The summed E-state index contributed by atoms with van der Waals surface area (Å²) in [6, 6.07) is 5.63. The molecule has 1 aromatic rings. The highest BCUT2D eigenvalue weighted by Crippen LogP contribution is 2.32. The Hall–Kier alpha value is -1.33. The fourth-order valence-corrected chi connectivity index (χ4v) is 3.02. The van der Waals surface area contributed by atoms with Crippen molar-refractivity contribution in [3.8, 4) is 0 Å². The van der Waals surface area contributed by atoms with E-state index in [-0.39, 0.29) is 11.6 Å². The van der Waals surface area contributed by atoms with Crippen LogP contribution in [-0.2, 0) is 9.47 Å². The number of rotatable bonds is 5. The molecule has 0 saturated carbocycles. The van der Waals surface area contributed by atoms with Crippen LogP contribution in [0.1, 0.15) is 30.1 Å². The lowest BCUT2D eigenvalue weighted by Gasteiger charge is -2.40. The molecule has 2 rings (SSSR count). The van der Waals surface area contributed by atoms with Crippen molar-refractivity contribution in [2.75, 3.05) is 31.7 Å². The summed E-state index contributed by atoms with van der Waals surface area (Å²) in [5.74, 6) is -0.307. The minimum absolute atomic E-state index is 0.123. The molecule has 0 radical (unpaired) electrons. The third kappa shape index (κ3) is 3.90. The van der Waals surface area contributed by atoms with E-state index in [0.29, 0.717) is 12.2 Å². The van der Waals surface area contributed by atoms with Gasteiger partial charge in [0.1, 0.15) is 0 Å². The van der Waals surface area contributed by atoms with Crippen molar-refractivity contribution < 1.29 is 14.3 Å². The van der Waals surface area contributed by atoms with Gasteiger partial charge in [-0.05, 0) is 38.0 Å². The Bertz CT molecular complexity index is 551. The summed E-state index contributed by atoms with van der Waals surface area (Å²) < 4.78 is 11.7. The average Bonchev–Trinajstić information content (AvgIpc) is 2.53. The number of benzene rings is 1. The molecular weight excluding hydrogens is 346 g/mol. The van der Waals surface area contributed by atoms with E-state index in [0.717, 1.165) is 36.1 Å². The van der Waals surface area contributed by atoms with Crippen molar-refractivity contribution in [3.05, 3.63) is 40.9 Å². The molecule has 4 nitrogen and oxygen atoms in total. The lowest BCUT2D eigenvalue weighted by Crippen LogP contribution is -2.44. The molecule has 5 heteroatoms. The third-order valence-electron chi connectivity index (χ3n) is 4.08. The first-order chi connectivity index (χ1) is 10.5. The van der Waals surface area contributed by atoms with Crippen LogP contribution in [-0.4, -0.2) is 38.4 Å². The summed E-state index contributed by atoms with van der Waals surface area (Å²) in [5.41, 5.74) is 1.38. The summed E-state index contributed by atoms with van der Waals surface area (Å²) in [5, 5.41) is 0. The van der Waals surface area contributed by atoms with Crippen LogP contribution >= 0.6 is 15.9 Å². The van der Waals surface area contributed by atoms with Gasteiger partial charge in [-0.3, -0.25) is 0 Å². The smallest absolute Gasteiger partial charge is 0.339 e. The molecule has 1 saturated heterocycles. The van der Waals surface area contributed by atoms with E-state index in [1.165, 1.54) is 7.11 Å². The van der Waals surface area contributed by atoms with Crippen LogP contribution in [0.5, 0.6) is 0 Å². The van der Waals surface area contributed by atoms with Crippen molar-refractivity contribution in [2.45, 2.75) is 25.4 Å². The quantitative estimate of drug-likeness (QED) is 0.586. The van der Waals surface area contributed by atoms with Gasteiger partial charge in [0.2, 0.25) is 0 Å². The number of hydrogen-bond acceptors (Lipinski definition) is 4. The lowest BCUT2D eigenvalue weighted by molar-refractivity contribution is -0.0334. The van der Waals surface area contributed by atoms with Crippen molar-refractivity contribution in [3.63, 3.8) is 0 Å². The van der Waals surface area contributed by atoms with E-state index in [9.17, 15) is 4.79 Å². The molecule has 0 unspecified atom stereocenters. The van der Waals surface area contributed by atoms with Gasteiger partial charge in [-0.15, -0.1) is 6.58 Å². The molecule has 1 heterocycles.